The highest BCUT2D eigenvalue weighted by Crippen LogP contribution is 2.35. The van der Waals surface area contributed by atoms with E-state index < -0.39 is 11.9 Å². The second-order valence-corrected chi connectivity index (χ2v) is 3.66. The quantitative estimate of drug-likeness (QED) is 0.498. The zero-order valence-corrected chi connectivity index (χ0v) is 7.37. The number of hydrogen-bond donors (Lipinski definition) is 0. The van der Waals surface area contributed by atoms with Crippen LogP contribution in [0.3, 0.4) is 0 Å². The number of rotatable bonds is 0. The van der Waals surface area contributed by atoms with Gasteiger partial charge in [-0.3, -0.25) is 0 Å². The molecule has 2 saturated heterocycles. The van der Waals surface area contributed by atoms with Crippen LogP contribution in [0.15, 0.2) is 0 Å². The van der Waals surface area contributed by atoms with Gasteiger partial charge >= 0.3 is 5.97 Å². The SMILES string of the molecule is C[C@@H]1OC(=O)C2OC(C)(C)OC21. The van der Waals surface area contributed by atoms with Gasteiger partial charge in [-0.15, -0.1) is 0 Å². The van der Waals surface area contributed by atoms with E-state index in [2.05, 4.69) is 0 Å². The van der Waals surface area contributed by atoms with Crippen molar-refractivity contribution in [3.05, 3.63) is 0 Å². The van der Waals surface area contributed by atoms with Crippen LogP contribution in [0.2, 0.25) is 0 Å². The van der Waals surface area contributed by atoms with E-state index in [0.717, 1.165) is 0 Å². The molecule has 4 heteroatoms. The van der Waals surface area contributed by atoms with E-state index in [1.807, 2.05) is 6.92 Å². The maximum Gasteiger partial charge on any atom is 0.338 e. The van der Waals surface area contributed by atoms with Crippen molar-refractivity contribution in [3.63, 3.8) is 0 Å². The number of carbonyl (C=O) groups excluding carboxylic acids is 1. The minimum Gasteiger partial charge on any atom is -0.458 e. The molecule has 0 aromatic rings. The Morgan fingerprint density at radius 2 is 2.00 bits per heavy atom. The molecule has 4 nitrogen and oxygen atoms in total. The highest BCUT2D eigenvalue weighted by Gasteiger charge is 2.54. The topological polar surface area (TPSA) is 44.8 Å². The number of hydrogen-bond acceptors (Lipinski definition) is 4. The van der Waals surface area contributed by atoms with Crippen molar-refractivity contribution in [2.75, 3.05) is 0 Å². The van der Waals surface area contributed by atoms with Gasteiger partial charge in [0, 0.05) is 0 Å². The Morgan fingerprint density at radius 1 is 1.33 bits per heavy atom. The molecule has 0 aromatic heterocycles. The van der Waals surface area contributed by atoms with Crippen molar-refractivity contribution in [2.45, 2.75) is 44.9 Å². The Morgan fingerprint density at radius 3 is 2.58 bits per heavy atom. The lowest BCUT2D eigenvalue weighted by atomic mass is 10.2. The maximum absolute atomic E-state index is 11.1. The van der Waals surface area contributed by atoms with Gasteiger partial charge in [-0.2, -0.15) is 0 Å². The third-order valence-electron chi connectivity index (χ3n) is 2.13. The van der Waals surface area contributed by atoms with Gasteiger partial charge in [-0.25, -0.2) is 4.79 Å². The molecule has 0 bridgehead atoms. The Balaban J connectivity index is 2.20. The Bertz CT molecular complexity index is 223. The van der Waals surface area contributed by atoms with E-state index in [4.69, 9.17) is 14.2 Å². The normalized spacial score (nSPS) is 44.2. The molecular weight excluding hydrogens is 160 g/mol. The summed E-state index contributed by atoms with van der Waals surface area (Å²) < 4.78 is 15.8. The van der Waals surface area contributed by atoms with Gasteiger partial charge in [-0.1, -0.05) is 0 Å². The first kappa shape index (κ1) is 8.01. The van der Waals surface area contributed by atoms with Gasteiger partial charge < -0.3 is 14.2 Å². The summed E-state index contributed by atoms with van der Waals surface area (Å²) in [5, 5.41) is 0. The summed E-state index contributed by atoms with van der Waals surface area (Å²) in [6.45, 7) is 5.41. The molecule has 2 aliphatic heterocycles. The van der Waals surface area contributed by atoms with Crippen LogP contribution >= 0.6 is 0 Å². The van der Waals surface area contributed by atoms with Crippen molar-refractivity contribution >= 4 is 5.97 Å². The predicted octanol–water partition coefficient (Wildman–Crippen LogP) is 0.452. The average Bonchev–Trinajstić information content (AvgIpc) is 2.34. The van der Waals surface area contributed by atoms with Crippen LogP contribution in [-0.4, -0.2) is 30.1 Å². The van der Waals surface area contributed by atoms with Crippen LogP contribution in [-0.2, 0) is 19.0 Å². The van der Waals surface area contributed by atoms with Gasteiger partial charge in [0.1, 0.15) is 12.2 Å². The van der Waals surface area contributed by atoms with Crippen LogP contribution in [0, 0.1) is 0 Å². The van der Waals surface area contributed by atoms with Crippen molar-refractivity contribution in [2.24, 2.45) is 0 Å². The van der Waals surface area contributed by atoms with E-state index in [1.54, 1.807) is 13.8 Å². The Kier molecular flexibility index (Phi) is 1.47. The molecule has 0 spiro atoms. The molecule has 2 rings (SSSR count). The zero-order valence-electron chi connectivity index (χ0n) is 7.37. The molecule has 12 heavy (non-hydrogen) atoms. The molecule has 0 aromatic carbocycles. The summed E-state index contributed by atoms with van der Waals surface area (Å²) in [5.41, 5.74) is 0. The van der Waals surface area contributed by atoms with E-state index in [0.29, 0.717) is 0 Å². The number of cyclic esters (lactones) is 1. The molecule has 2 fully saturated rings. The third-order valence-corrected chi connectivity index (χ3v) is 2.13. The number of ether oxygens (including phenoxy) is 3. The fourth-order valence-electron chi connectivity index (χ4n) is 1.63. The van der Waals surface area contributed by atoms with Gasteiger partial charge in [0.25, 0.3) is 0 Å². The molecule has 2 heterocycles. The van der Waals surface area contributed by atoms with Crippen molar-refractivity contribution in [3.8, 4) is 0 Å². The lowest BCUT2D eigenvalue weighted by molar-refractivity contribution is -0.185. The lowest BCUT2D eigenvalue weighted by Crippen LogP contribution is -2.27. The van der Waals surface area contributed by atoms with Crippen LogP contribution in [0.5, 0.6) is 0 Å². The maximum atomic E-state index is 11.1. The second kappa shape index (κ2) is 2.20. The first-order chi connectivity index (χ1) is 5.49. The molecule has 2 aliphatic rings. The van der Waals surface area contributed by atoms with Crippen molar-refractivity contribution < 1.29 is 19.0 Å². The van der Waals surface area contributed by atoms with Crippen molar-refractivity contribution in [1.82, 2.24) is 0 Å². The third kappa shape index (κ3) is 1.03. The standard InChI is InChI=1S/C8H12O4/c1-4-5-6(7(9)10-4)12-8(2,3)11-5/h4-6H,1-3H3/t4-,5?,6?/m0/s1. The lowest BCUT2D eigenvalue weighted by Gasteiger charge is -2.19. The molecule has 3 atom stereocenters. The summed E-state index contributed by atoms with van der Waals surface area (Å²) >= 11 is 0. The molecule has 0 N–H and O–H groups in total. The number of carbonyl (C=O) groups is 1. The average molecular weight is 172 g/mol. The van der Waals surface area contributed by atoms with E-state index in [-0.39, 0.29) is 18.2 Å². The summed E-state index contributed by atoms with van der Waals surface area (Å²) in [4.78, 5) is 11.1. The summed E-state index contributed by atoms with van der Waals surface area (Å²) in [6, 6.07) is 0. The molecule has 2 unspecified atom stereocenters. The fraction of sp³-hybridized carbons (Fsp3) is 0.875. The van der Waals surface area contributed by atoms with Gasteiger partial charge in [0.05, 0.1) is 0 Å². The monoisotopic (exact) mass is 172 g/mol. The molecule has 0 saturated carbocycles. The molecular formula is C8H12O4. The Labute approximate surface area is 70.8 Å². The van der Waals surface area contributed by atoms with Crippen molar-refractivity contribution in [1.29, 1.82) is 0 Å². The fourth-order valence-corrected chi connectivity index (χ4v) is 1.63. The predicted molar refractivity (Wildman–Crippen MR) is 39.4 cm³/mol. The number of fused-ring (bicyclic) bond motifs is 1. The molecule has 0 radical (unpaired) electrons. The van der Waals surface area contributed by atoms with Gasteiger partial charge in [0.15, 0.2) is 11.9 Å². The van der Waals surface area contributed by atoms with Crippen LogP contribution in [0.4, 0.5) is 0 Å². The molecule has 68 valence electrons. The largest absolute Gasteiger partial charge is 0.458 e. The first-order valence-electron chi connectivity index (χ1n) is 4.06. The van der Waals surface area contributed by atoms with E-state index >= 15 is 0 Å². The first-order valence-corrected chi connectivity index (χ1v) is 4.06. The van der Waals surface area contributed by atoms with Gasteiger partial charge in [0.2, 0.25) is 0 Å². The van der Waals surface area contributed by atoms with E-state index in [1.165, 1.54) is 0 Å². The zero-order chi connectivity index (χ0) is 8.93. The highest BCUT2D eigenvalue weighted by molar-refractivity contribution is 5.78. The van der Waals surface area contributed by atoms with Crippen LogP contribution < -0.4 is 0 Å². The second-order valence-electron chi connectivity index (χ2n) is 3.66. The smallest absolute Gasteiger partial charge is 0.338 e. The summed E-state index contributed by atoms with van der Waals surface area (Å²) in [7, 11) is 0. The van der Waals surface area contributed by atoms with Gasteiger partial charge in [-0.05, 0) is 20.8 Å². The summed E-state index contributed by atoms with van der Waals surface area (Å²) in [5.74, 6) is -0.957. The van der Waals surface area contributed by atoms with Crippen LogP contribution in [0.1, 0.15) is 20.8 Å². The molecule has 0 aliphatic carbocycles. The van der Waals surface area contributed by atoms with Crippen LogP contribution in [0.25, 0.3) is 0 Å². The Hall–Kier alpha value is -0.610. The number of esters is 1. The molecule has 0 amide bonds. The van der Waals surface area contributed by atoms with E-state index in [9.17, 15) is 4.79 Å². The minimum atomic E-state index is -0.650. The summed E-state index contributed by atoms with van der Waals surface area (Å²) in [6.07, 6.45) is -0.938. The highest BCUT2D eigenvalue weighted by atomic mass is 16.8. The minimum absolute atomic E-state index is 0.190.